The number of halogens is 3. The number of fused-ring (bicyclic) bond motifs is 3. The molecule has 0 N–H and O–H groups in total. The van der Waals surface area contributed by atoms with Crippen LogP contribution >= 0.6 is 27.5 Å². The third-order valence-electron chi connectivity index (χ3n) is 7.04. The number of ether oxygens (including phenoxy) is 3. The number of likely N-dealkylation sites (tertiary alicyclic amines) is 1. The van der Waals surface area contributed by atoms with E-state index in [2.05, 4.69) is 32.9 Å². The van der Waals surface area contributed by atoms with Crippen LogP contribution in [0.25, 0.3) is 10.9 Å². The quantitative estimate of drug-likeness (QED) is 0.476. The Bertz CT molecular complexity index is 1180. The monoisotopic (exact) mass is 599 g/mol. The van der Waals surface area contributed by atoms with Crippen molar-refractivity contribution in [1.82, 2.24) is 19.8 Å². The SMILES string of the molecule is CN1CCC[C@H]1COc1nc(N2CC3COCC(C2)N3C(=O)OC(C)(C)C)c2cc(Cl)c(Br)c(F)c2n1. The van der Waals surface area contributed by atoms with Gasteiger partial charge in [0.25, 0.3) is 0 Å². The normalized spacial score (nSPS) is 24.6. The highest BCUT2D eigenvalue weighted by molar-refractivity contribution is 9.10. The molecule has 3 atom stereocenters. The maximum absolute atomic E-state index is 15.4. The molecule has 1 amide bonds. The maximum Gasteiger partial charge on any atom is 0.411 e. The summed E-state index contributed by atoms with van der Waals surface area (Å²) in [6.07, 6.45) is 1.78. The number of aromatic nitrogens is 2. The minimum Gasteiger partial charge on any atom is -0.462 e. The van der Waals surface area contributed by atoms with E-state index >= 15 is 4.39 Å². The number of rotatable bonds is 4. The number of hydrogen-bond donors (Lipinski definition) is 0. The molecule has 202 valence electrons. The van der Waals surface area contributed by atoms with Crippen LogP contribution in [-0.2, 0) is 9.47 Å². The van der Waals surface area contributed by atoms with Gasteiger partial charge < -0.3 is 24.0 Å². The summed E-state index contributed by atoms with van der Waals surface area (Å²) in [4.78, 5) is 28.2. The van der Waals surface area contributed by atoms with Gasteiger partial charge in [-0.1, -0.05) is 11.6 Å². The van der Waals surface area contributed by atoms with E-state index < -0.39 is 11.4 Å². The smallest absolute Gasteiger partial charge is 0.411 e. The molecule has 1 aromatic carbocycles. The number of piperazine rings is 1. The lowest BCUT2D eigenvalue weighted by Gasteiger charge is -2.49. The predicted octanol–water partition coefficient (Wildman–Crippen LogP) is 4.48. The number of hydrogen-bond acceptors (Lipinski definition) is 8. The lowest BCUT2D eigenvalue weighted by molar-refractivity contribution is -0.0665. The molecule has 0 spiro atoms. The first-order valence-corrected chi connectivity index (χ1v) is 13.7. The highest BCUT2D eigenvalue weighted by Crippen LogP contribution is 2.38. The average molecular weight is 601 g/mol. The minimum atomic E-state index is -0.604. The molecule has 12 heteroatoms. The van der Waals surface area contributed by atoms with E-state index in [0.717, 1.165) is 19.4 Å². The summed E-state index contributed by atoms with van der Waals surface area (Å²) in [5.74, 6) is -0.0429. The summed E-state index contributed by atoms with van der Waals surface area (Å²) in [5, 5.41) is 0.716. The van der Waals surface area contributed by atoms with Gasteiger partial charge in [0.05, 0.1) is 34.8 Å². The van der Waals surface area contributed by atoms with Gasteiger partial charge in [0.2, 0.25) is 0 Å². The van der Waals surface area contributed by atoms with Gasteiger partial charge in [-0.05, 0) is 69.2 Å². The van der Waals surface area contributed by atoms with Crippen LogP contribution in [0.4, 0.5) is 15.0 Å². The first kappa shape index (κ1) is 26.6. The molecule has 4 heterocycles. The molecule has 3 aliphatic rings. The molecule has 0 radical (unpaired) electrons. The van der Waals surface area contributed by atoms with Gasteiger partial charge in [0.1, 0.15) is 23.5 Å². The summed E-state index contributed by atoms with van der Waals surface area (Å²) >= 11 is 9.57. The number of anilines is 1. The Hall–Kier alpha value is -1.95. The van der Waals surface area contributed by atoms with Crippen LogP contribution in [0.2, 0.25) is 5.02 Å². The zero-order valence-electron chi connectivity index (χ0n) is 21.5. The van der Waals surface area contributed by atoms with E-state index in [4.69, 9.17) is 30.8 Å². The number of carbonyl (C=O) groups excluding carboxylic acids is 1. The van der Waals surface area contributed by atoms with Crippen molar-refractivity contribution < 1.29 is 23.4 Å². The van der Waals surface area contributed by atoms with Crippen molar-refractivity contribution in [1.29, 1.82) is 0 Å². The van der Waals surface area contributed by atoms with Gasteiger partial charge >= 0.3 is 12.1 Å². The average Bonchev–Trinajstić information content (AvgIpc) is 3.24. The van der Waals surface area contributed by atoms with Crippen LogP contribution in [0.15, 0.2) is 10.5 Å². The Morgan fingerprint density at radius 1 is 1.27 bits per heavy atom. The molecule has 3 aliphatic heterocycles. The molecule has 0 aliphatic carbocycles. The number of benzene rings is 1. The lowest BCUT2D eigenvalue weighted by atomic mass is 10.0. The van der Waals surface area contributed by atoms with Gasteiger partial charge in [0, 0.05) is 24.5 Å². The summed E-state index contributed by atoms with van der Waals surface area (Å²) in [6, 6.07) is 1.55. The number of nitrogens with zero attached hydrogens (tertiary/aromatic N) is 5. The highest BCUT2D eigenvalue weighted by Gasteiger charge is 2.43. The molecule has 2 unspecified atom stereocenters. The molecule has 1 aromatic heterocycles. The van der Waals surface area contributed by atoms with Crippen molar-refractivity contribution in [2.24, 2.45) is 0 Å². The van der Waals surface area contributed by atoms with Gasteiger partial charge in [-0.25, -0.2) is 9.18 Å². The van der Waals surface area contributed by atoms with Crippen molar-refractivity contribution in [3.63, 3.8) is 0 Å². The molecule has 3 saturated heterocycles. The Labute approximate surface area is 229 Å². The fraction of sp³-hybridized carbons (Fsp3) is 0.640. The summed E-state index contributed by atoms with van der Waals surface area (Å²) in [6.45, 7) is 8.59. The molecule has 37 heavy (non-hydrogen) atoms. The lowest BCUT2D eigenvalue weighted by Crippen LogP contribution is -2.66. The van der Waals surface area contributed by atoms with Crippen molar-refractivity contribution in [2.75, 3.05) is 51.4 Å². The molecule has 2 aromatic rings. The predicted molar refractivity (Wildman–Crippen MR) is 142 cm³/mol. The van der Waals surface area contributed by atoms with Crippen molar-refractivity contribution in [3.8, 4) is 6.01 Å². The molecule has 9 nitrogen and oxygen atoms in total. The highest BCUT2D eigenvalue weighted by atomic mass is 79.9. The number of morpholine rings is 1. The van der Waals surface area contributed by atoms with E-state index in [-0.39, 0.29) is 45.2 Å². The number of amides is 1. The van der Waals surface area contributed by atoms with Crippen LogP contribution < -0.4 is 9.64 Å². The molecular weight excluding hydrogens is 569 g/mol. The topological polar surface area (TPSA) is 80.3 Å². The van der Waals surface area contributed by atoms with Crippen LogP contribution in [0.1, 0.15) is 33.6 Å². The second-order valence-electron chi connectivity index (χ2n) is 10.9. The van der Waals surface area contributed by atoms with E-state index in [1.807, 2.05) is 25.7 Å². The van der Waals surface area contributed by atoms with Gasteiger partial charge in [-0.15, -0.1) is 0 Å². The van der Waals surface area contributed by atoms with Crippen molar-refractivity contribution in [2.45, 2.75) is 57.3 Å². The van der Waals surface area contributed by atoms with Crippen LogP contribution in [0.5, 0.6) is 6.01 Å². The van der Waals surface area contributed by atoms with E-state index in [9.17, 15) is 4.79 Å². The summed E-state index contributed by atoms with van der Waals surface area (Å²) in [5.41, 5.74) is -0.472. The fourth-order valence-electron chi connectivity index (χ4n) is 5.25. The fourth-order valence-corrected chi connectivity index (χ4v) is 5.75. The first-order chi connectivity index (χ1) is 17.5. The summed E-state index contributed by atoms with van der Waals surface area (Å²) < 4.78 is 33.0. The standard InChI is InChI=1S/C25H32BrClFN5O4/c1-25(2,3)37-24(34)33-15-9-32(10-16(33)12-35-11-15)22-17-8-18(27)19(26)20(28)21(17)29-23(30-22)36-13-14-6-5-7-31(14)4/h8,14-16H,5-7,9-13H2,1-4H3/t14-,15?,16?/m0/s1. The van der Waals surface area contributed by atoms with Gasteiger partial charge in [-0.3, -0.25) is 4.90 Å². The second kappa shape index (κ2) is 10.3. The van der Waals surface area contributed by atoms with Crippen LogP contribution in [0, 0.1) is 5.82 Å². The largest absolute Gasteiger partial charge is 0.462 e. The van der Waals surface area contributed by atoms with Crippen LogP contribution in [0.3, 0.4) is 0 Å². The van der Waals surface area contributed by atoms with E-state index in [0.29, 0.717) is 44.1 Å². The van der Waals surface area contributed by atoms with Gasteiger partial charge in [-0.2, -0.15) is 9.97 Å². The first-order valence-electron chi connectivity index (χ1n) is 12.5. The molecule has 3 fully saturated rings. The second-order valence-corrected chi connectivity index (χ2v) is 12.1. The van der Waals surface area contributed by atoms with E-state index in [1.54, 1.807) is 11.0 Å². The molecular formula is C25H32BrClFN5O4. The Balaban J connectivity index is 1.48. The van der Waals surface area contributed by atoms with Gasteiger partial charge in [0.15, 0.2) is 5.82 Å². The maximum atomic E-state index is 15.4. The third-order valence-corrected chi connectivity index (χ3v) is 8.34. The Morgan fingerprint density at radius 3 is 2.59 bits per heavy atom. The van der Waals surface area contributed by atoms with Crippen molar-refractivity contribution in [3.05, 3.63) is 21.4 Å². The summed E-state index contributed by atoms with van der Waals surface area (Å²) in [7, 11) is 2.07. The minimum absolute atomic E-state index is 0.118. The van der Waals surface area contributed by atoms with Crippen molar-refractivity contribution >= 4 is 50.3 Å². The van der Waals surface area contributed by atoms with Crippen LogP contribution in [-0.4, -0.2) is 96.1 Å². The number of carbonyl (C=O) groups is 1. The molecule has 0 saturated carbocycles. The third kappa shape index (κ3) is 5.46. The molecule has 5 rings (SSSR count). The Kier molecular flexibility index (Phi) is 7.43. The molecule has 2 bridgehead atoms. The number of likely N-dealkylation sites (N-methyl/N-ethyl adjacent to an activating group) is 1. The van der Waals surface area contributed by atoms with E-state index in [1.165, 1.54) is 0 Å². The Morgan fingerprint density at radius 2 is 1.97 bits per heavy atom. The zero-order valence-corrected chi connectivity index (χ0v) is 23.8. The zero-order chi connectivity index (χ0) is 26.5.